The van der Waals surface area contributed by atoms with Crippen molar-refractivity contribution in [3.05, 3.63) is 12.2 Å². The number of quaternary nitrogens is 1. The molecular weight excluding hydrogens is 182 g/mol. The Labute approximate surface area is 85.4 Å². The van der Waals surface area contributed by atoms with Gasteiger partial charge < -0.3 is 14.3 Å². The van der Waals surface area contributed by atoms with Crippen molar-refractivity contribution in [1.29, 1.82) is 0 Å². The van der Waals surface area contributed by atoms with Crippen molar-refractivity contribution in [3.63, 3.8) is 0 Å². The Kier molecular flexibility index (Phi) is 4.80. The number of aliphatic hydroxyl groups excluding tert-OH is 1. The van der Waals surface area contributed by atoms with Crippen LogP contribution in [0.1, 0.15) is 13.3 Å². The number of hydrogen-bond donors (Lipinski definition) is 1. The van der Waals surface area contributed by atoms with E-state index in [2.05, 4.69) is 6.58 Å². The summed E-state index contributed by atoms with van der Waals surface area (Å²) in [5, 5.41) is 9.60. The molecule has 0 saturated heterocycles. The third kappa shape index (κ3) is 4.99. The van der Waals surface area contributed by atoms with Gasteiger partial charge >= 0.3 is 5.97 Å². The van der Waals surface area contributed by atoms with Gasteiger partial charge in [0.25, 0.3) is 0 Å². The van der Waals surface area contributed by atoms with Gasteiger partial charge in [0.2, 0.25) is 0 Å². The van der Waals surface area contributed by atoms with Crippen LogP contribution in [0, 0.1) is 0 Å². The minimum absolute atomic E-state index is 0.225. The van der Waals surface area contributed by atoms with E-state index in [0.717, 1.165) is 0 Å². The fourth-order valence-corrected chi connectivity index (χ4v) is 0.768. The highest BCUT2D eigenvalue weighted by molar-refractivity contribution is 5.86. The van der Waals surface area contributed by atoms with Crippen LogP contribution in [0.3, 0.4) is 0 Å². The molecular formula is C10H20NO3+. The molecule has 0 aliphatic heterocycles. The van der Waals surface area contributed by atoms with E-state index in [4.69, 9.17) is 4.74 Å². The Morgan fingerprint density at radius 1 is 1.50 bits per heavy atom. The molecule has 0 aliphatic carbocycles. The summed E-state index contributed by atoms with van der Waals surface area (Å²) < 4.78 is 5.30. The van der Waals surface area contributed by atoms with Crippen molar-refractivity contribution in [2.24, 2.45) is 0 Å². The van der Waals surface area contributed by atoms with Crippen LogP contribution in [-0.4, -0.2) is 49.5 Å². The molecule has 0 aromatic heterocycles. The molecule has 1 N–H and O–H groups in total. The second-order valence-electron chi connectivity index (χ2n) is 4.30. The lowest BCUT2D eigenvalue weighted by atomic mass is 10.3. The van der Waals surface area contributed by atoms with E-state index in [1.54, 1.807) is 6.92 Å². The first kappa shape index (κ1) is 13.1. The molecule has 0 aromatic carbocycles. The first-order valence-corrected chi connectivity index (χ1v) is 4.57. The van der Waals surface area contributed by atoms with Crippen molar-refractivity contribution in [2.45, 2.75) is 19.6 Å². The van der Waals surface area contributed by atoms with Gasteiger partial charge in [-0.1, -0.05) is 6.58 Å². The van der Waals surface area contributed by atoms with Crippen LogP contribution < -0.4 is 0 Å². The molecule has 0 aromatic rings. The van der Waals surface area contributed by atoms with E-state index in [9.17, 15) is 9.90 Å². The van der Waals surface area contributed by atoms with E-state index >= 15 is 0 Å². The molecule has 0 rings (SSSR count). The largest absolute Gasteiger partial charge is 0.462 e. The number of hydrogen-bond acceptors (Lipinski definition) is 3. The summed E-state index contributed by atoms with van der Waals surface area (Å²) in [5.41, 5.74) is 0.379. The molecule has 14 heavy (non-hydrogen) atoms. The summed E-state index contributed by atoms with van der Waals surface area (Å²) >= 11 is 0. The first-order valence-electron chi connectivity index (χ1n) is 4.57. The normalized spacial score (nSPS) is 13.5. The van der Waals surface area contributed by atoms with Gasteiger partial charge in [-0.15, -0.1) is 0 Å². The smallest absolute Gasteiger partial charge is 0.333 e. The molecule has 0 radical (unpaired) electrons. The second kappa shape index (κ2) is 5.12. The van der Waals surface area contributed by atoms with Crippen LogP contribution in [0.15, 0.2) is 12.2 Å². The Hall–Kier alpha value is -0.870. The lowest BCUT2D eigenvalue weighted by molar-refractivity contribution is -0.919. The molecule has 4 nitrogen and oxygen atoms in total. The number of carbonyl (C=O) groups is 1. The average molecular weight is 202 g/mol. The molecule has 0 spiro atoms. The number of nitrogens with zero attached hydrogens (tertiary/aromatic N) is 1. The van der Waals surface area contributed by atoms with Gasteiger partial charge in [0.1, 0.15) is 0 Å². The van der Waals surface area contributed by atoms with E-state index in [1.165, 1.54) is 0 Å². The summed E-state index contributed by atoms with van der Waals surface area (Å²) in [6, 6.07) is 0. The van der Waals surface area contributed by atoms with Crippen LogP contribution in [0.2, 0.25) is 0 Å². The van der Waals surface area contributed by atoms with Crippen LogP contribution in [-0.2, 0) is 9.53 Å². The highest BCUT2D eigenvalue weighted by atomic mass is 16.5. The summed E-state index contributed by atoms with van der Waals surface area (Å²) in [5.74, 6) is -0.404. The number of rotatable bonds is 5. The highest BCUT2D eigenvalue weighted by Crippen LogP contribution is 2.04. The average Bonchev–Trinajstić information content (AvgIpc) is 2.01. The molecule has 0 amide bonds. The highest BCUT2D eigenvalue weighted by Gasteiger charge is 2.20. The third-order valence-corrected chi connectivity index (χ3v) is 1.85. The maximum atomic E-state index is 11.0. The first-order chi connectivity index (χ1) is 6.25. The van der Waals surface area contributed by atoms with E-state index in [-0.39, 0.29) is 6.61 Å². The SMILES string of the molecule is C=C(C)C(=O)OCCC(O)[N+](C)(C)C. The molecule has 0 saturated carbocycles. The van der Waals surface area contributed by atoms with Crippen molar-refractivity contribution in [2.75, 3.05) is 27.7 Å². The third-order valence-electron chi connectivity index (χ3n) is 1.85. The molecule has 1 atom stereocenters. The van der Waals surface area contributed by atoms with Gasteiger partial charge in [-0.3, -0.25) is 0 Å². The molecule has 0 aliphatic rings. The zero-order valence-corrected chi connectivity index (χ0v) is 9.41. The van der Waals surface area contributed by atoms with Gasteiger partial charge in [0, 0.05) is 5.57 Å². The fourth-order valence-electron chi connectivity index (χ4n) is 0.768. The fraction of sp³-hybridized carbons (Fsp3) is 0.700. The number of esters is 1. The zero-order chi connectivity index (χ0) is 11.4. The molecule has 0 bridgehead atoms. The second-order valence-corrected chi connectivity index (χ2v) is 4.30. The van der Waals surface area contributed by atoms with Crippen LogP contribution in [0.25, 0.3) is 0 Å². The lowest BCUT2D eigenvalue weighted by Gasteiger charge is -2.29. The summed E-state index contributed by atoms with van der Waals surface area (Å²) in [4.78, 5) is 11.0. The molecule has 1 unspecified atom stereocenters. The van der Waals surface area contributed by atoms with Crippen LogP contribution >= 0.6 is 0 Å². The van der Waals surface area contributed by atoms with Gasteiger partial charge in [0.05, 0.1) is 34.2 Å². The van der Waals surface area contributed by atoms with Crippen LogP contribution in [0.5, 0.6) is 0 Å². The summed E-state index contributed by atoms with van der Waals surface area (Å²) in [7, 11) is 5.64. The lowest BCUT2D eigenvalue weighted by Crippen LogP contribution is -2.45. The summed E-state index contributed by atoms with van der Waals surface area (Å²) in [6.07, 6.45) is -0.0874. The number of aliphatic hydroxyl groups is 1. The quantitative estimate of drug-likeness (QED) is 0.306. The Morgan fingerprint density at radius 2 is 2.00 bits per heavy atom. The molecule has 0 fully saturated rings. The maximum Gasteiger partial charge on any atom is 0.333 e. The van der Waals surface area contributed by atoms with Crippen molar-refractivity contribution >= 4 is 5.97 Å². The Balaban J connectivity index is 3.76. The van der Waals surface area contributed by atoms with Gasteiger partial charge in [0.15, 0.2) is 6.23 Å². The molecule has 0 heterocycles. The van der Waals surface area contributed by atoms with Gasteiger partial charge in [-0.2, -0.15) is 0 Å². The maximum absolute atomic E-state index is 11.0. The Morgan fingerprint density at radius 3 is 2.36 bits per heavy atom. The van der Waals surface area contributed by atoms with E-state index in [1.807, 2.05) is 21.1 Å². The molecule has 82 valence electrons. The predicted octanol–water partition coefficient (Wildman–Crippen LogP) is 0.520. The van der Waals surface area contributed by atoms with Crippen molar-refractivity contribution < 1.29 is 19.1 Å². The molecule has 4 heteroatoms. The zero-order valence-electron chi connectivity index (χ0n) is 9.41. The monoisotopic (exact) mass is 202 g/mol. The minimum Gasteiger partial charge on any atom is -0.462 e. The minimum atomic E-state index is -0.520. The van der Waals surface area contributed by atoms with Gasteiger partial charge in [-0.05, 0) is 6.92 Å². The van der Waals surface area contributed by atoms with E-state index in [0.29, 0.717) is 16.5 Å². The number of carbonyl (C=O) groups excluding carboxylic acids is 1. The van der Waals surface area contributed by atoms with Crippen molar-refractivity contribution in [3.8, 4) is 0 Å². The van der Waals surface area contributed by atoms with Gasteiger partial charge in [-0.25, -0.2) is 4.79 Å². The standard InChI is InChI=1S/C10H20NO3/c1-8(2)10(13)14-7-6-9(12)11(3,4)5/h9,12H,1,6-7H2,2-5H3/q+1. The predicted molar refractivity (Wildman–Crippen MR) is 54.4 cm³/mol. The number of ether oxygens (including phenoxy) is 1. The topological polar surface area (TPSA) is 46.5 Å². The summed E-state index contributed by atoms with van der Waals surface area (Å²) in [6.45, 7) is 5.28. The van der Waals surface area contributed by atoms with E-state index < -0.39 is 12.2 Å². The Bertz CT molecular complexity index is 218. The van der Waals surface area contributed by atoms with Crippen molar-refractivity contribution in [1.82, 2.24) is 0 Å². The van der Waals surface area contributed by atoms with Crippen LogP contribution in [0.4, 0.5) is 0 Å².